The van der Waals surface area contributed by atoms with Crippen molar-refractivity contribution in [2.75, 3.05) is 37.6 Å². The van der Waals surface area contributed by atoms with Gasteiger partial charge in [-0.3, -0.25) is 9.59 Å². The number of piperazine rings is 1. The van der Waals surface area contributed by atoms with Crippen LogP contribution in [0.3, 0.4) is 0 Å². The van der Waals surface area contributed by atoms with Gasteiger partial charge in [0.1, 0.15) is 11.2 Å². The van der Waals surface area contributed by atoms with Crippen molar-refractivity contribution in [3.8, 4) is 0 Å². The fraction of sp³-hybridized carbons (Fsp3) is 0.579. The summed E-state index contributed by atoms with van der Waals surface area (Å²) in [6.45, 7) is 4.92. The molecule has 0 atom stereocenters. The highest BCUT2D eigenvalue weighted by Gasteiger charge is 2.58. The van der Waals surface area contributed by atoms with Crippen LogP contribution in [0.15, 0.2) is 24.3 Å². The lowest BCUT2D eigenvalue weighted by molar-refractivity contribution is -0.144. The second kappa shape index (κ2) is 7.42. The van der Waals surface area contributed by atoms with Crippen LogP contribution in [0, 0.1) is 11.2 Å². The molecule has 1 aromatic carbocycles. The molecule has 0 bridgehead atoms. The molecule has 5 nitrogen and oxygen atoms in total. The van der Waals surface area contributed by atoms with Crippen LogP contribution in [0.1, 0.15) is 32.6 Å². The number of nitrogens with one attached hydrogen (secondary N) is 1. The fourth-order valence-corrected chi connectivity index (χ4v) is 3.37. The van der Waals surface area contributed by atoms with E-state index in [0.717, 1.165) is 12.8 Å². The first-order valence-corrected chi connectivity index (χ1v) is 9.15. The Hall–Kier alpha value is -2.11. The maximum Gasteiger partial charge on any atom is 0.238 e. The number of para-hydroxylation sites is 1. The molecule has 0 spiro atoms. The molecule has 2 aliphatic rings. The molecule has 6 heteroatoms. The van der Waals surface area contributed by atoms with E-state index in [9.17, 15) is 14.0 Å². The number of hydrogen-bond donors (Lipinski definition) is 1. The van der Waals surface area contributed by atoms with Gasteiger partial charge in [-0.05, 0) is 31.4 Å². The second-order valence-corrected chi connectivity index (χ2v) is 6.92. The molecule has 3 rings (SSSR count). The number of anilines is 1. The molecule has 25 heavy (non-hydrogen) atoms. The van der Waals surface area contributed by atoms with Gasteiger partial charge in [-0.15, -0.1) is 0 Å². The van der Waals surface area contributed by atoms with Crippen molar-refractivity contribution < 1.29 is 14.0 Å². The number of rotatable bonds is 6. The van der Waals surface area contributed by atoms with Crippen molar-refractivity contribution >= 4 is 17.5 Å². The van der Waals surface area contributed by atoms with E-state index in [0.29, 0.717) is 51.3 Å². The molecule has 2 fully saturated rings. The summed E-state index contributed by atoms with van der Waals surface area (Å²) in [6.07, 6.45) is 3.21. The van der Waals surface area contributed by atoms with Crippen LogP contribution in [0.5, 0.6) is 0 Å². The van der Waals surface area contributed by atoms with E-state index in [2.05, 4.69) is 12.2 Å². The lowest BCUT2D eigenvalue weighted by Crippen LogP contribution is -2.53. The molecular formula is C19H26FN3O2. The number of benzene rings is 1. The van der Waals surface area contributed by atoms with Crippen molar-refractivity contribution in [3.05, 3.63) is 30.1 Å². The Morgan fingerprint density at radius 1 is 1.16 bits per heavy atom. The highest BCUT2D eigenvalue weighted by molar-refractivity contribution is 6.07. The third-order valence-corrected chi connectivity index (χ3v) is 5.17. The van der Waals surface area contributed by atoms with Gasteiger partial charge in [0.25, 0.3) is 0 Å². The molecule has 0 aromatic heterocycles. The highest BCUT2D eigenvalue weighted by atomic mass is 19.1. The van der Waals surface area contributed by atoms with Crippen LogP contribution in [-0.4, -0.2) is 49.4 Å². The van der Waals surface area contributed by atoms with Gasteiger partial charge in [0.2, 0.25) is 11.8 Å². The van der Waals surface area contributed by atoms with Crippen molar-refractivity contribution in [3.63, 3.8) is 0 Å². The number of halogens is 1. The predicted octanol–water partition coefficient (Wildman–Crippen LogP) is 2.17. The quantitative estimate of drug-likeness (QED) is 0.634. The fourth-order valence-electron chi connectivity index (χ4n) is 3.37. The summed E-state index contributed by atoms with van der Waals surface area (Å²) >= 11 is 0. The van der Waals surface area contributed by atoms with Crippen molar-refractivity contribution in [1.29, 1.82) is 0 Å². The van der Waals surface area contributed by atoms with Gasteiger partial charge in [0.15, 0.2) is 0 Å². The highest BCUT2D eigenvalue weighted by Crippen LogP contribution is 2.47. The van der Waals surface area contributed by atoms with Crippen molar-refractivity contribution in [1.82, 2.24) is 10.2 Å². The number of hydrogen-bond acceptors (Lipinski definition) is 3. The minimum atomic E-state index is -0.839. The molecule has 1 aliphatic carbocycles. The molecule has 2 amide bonds. The van der Waals surface area contributed by atoms with E-state index >= 15 is 0 Å². The Kier molecular flexibility index (Phi) is 5.25. The van der Waals surface area contributed by atoms with Gasteiger partial charge >= 0.3 is 0 Å². The third kappa shape index (κ3) is 3.62. The van der Waals surface area contributed by atoms with Gasteiger partial charge in [-0.2, -0.15) is 0 Å². The number of unbranched alkanes of at least 4 members (excludes halogenated alkanes) is 1. The van der Waals surface area contributed by atoms with Crippen LogP contribution in [0.4, 0.5) is 10.1 Å². The summed E-state index contributed by atoms with van der Waals surface area (Å²) < 4.78 is 13.9. The predicted molar refractivity (Wildman–Crippen MR) is 94.8 cm³/mol. The molecule has 0 unspecified atom stereocenters. The summed E-state index contributed by atoms with van der Waals surface area (Å²) in [4.78, 5) is 29.0. The number of carbonyl (C=O) groups is 2. The molecule has 1 aromatic rings. The second-order valence-electron chi connectivity index (χ2n) is 6.92. The first-order chi connectivity index (χ1) is 12.1. The average Bonchev–Trinajstić information content (AvgIpc) is 3.44. The third-order valence-electron chi connectivity index (χ3n) is 5.17. The minimum absolute atomic E-state index is 0.0605. The zero-order valence-corrected chi connectivity index (χ0v) is 14.8. The summed E-state index contributed by atoms with van der Waals surface area (Å²) in [5.74, 6) is -0.423. The molecule has 0 radical (unpaired) electrons. The Morgan fingerprint density at radius 2 is 1.84 bits per heavy atom. The topological polar surface area (TPSA) is 52.7 Å². The van der Waals surface area contributed by atoms with Gasteiger partial charge in [-0.1, -0.05) is 25.5 Å². The zero-order valence-electron chi connectivity index (χ0n) is 14.8. The first-order valence-electron chi connectivity index (χ1n) is 9.15. The maximum absolute atomic E-state index is 13.9. The maximum atomic E-state index is 13.9. The van der Waals surface area contributed by atoms with Crippen LogP contribution in [0.2, 0.25) is 0 Å². The number of nitrogens with zero attached hydrogens (tertiary/aromatic N) is 2. The average molecular weight is 347 g/mol. The lowest BCUT2D eigenvalue weighted by Gasteiger charge is -2.37. The molecule has 1 saturated carbocycles. The smallest absolute Gasteiger partial charge is 0.238 e. The van der Waals surface area contributed by atoms with Gasteiger partial charge < -0.3 is 15.1 Å². The summed E-state index contributed by atoms with van der Waals surface area (Å²) in [6, 6.07) is 6.70. The molecular weight excluding hydrogens is 321 g/mol. The van der Waals surface area contributed by atoms with E-state index < -0.39 is 5.41 Å². The first kappa shape index (κ1) is 17.7. The standard InChI is InChI=1S/C19H26FN3O2/c1-2-3-10-21-17(24)19(8-9-19)18(25)23-13-11-22(12-14-23)16-7-5-4-6-15(16)20/h4-7H,2-3,8-14H2,1H3,(H,21,24). The molecule has 1 heterocycles. The summed E-state index contributed by atoms with van der Waals surface area (Å²) in [7, 11) is 0. The Morgan fingerprint density at radius 3 is 2.44 bits per heavy atom. The molecule has 1 N–H and O–H groups in total. The monoisotopic (exact) mass is 347 g/mol. The Bertz CT molecular complexity index is 637. The number of carbonyl (C=O) groups excluding carboxylic acids is 2. The van der Waals surface area contributed by atoms with Crippen molar-refractivity contribution in [2.24, 2.45) is 5.41 Å². The lowest BCUT2D eigenvalue weighted by atomic mass is 10.0. The van der Waals surface area contributed by atoms with E-state index in [-0.39, 0.29) is 17.6 Å². The summed E-state index contributed by atoms with van der Waals surface area (Å²) in [5.41, 5.74) is -0.262. The van der Waals surface area contributed by atoms with Crippen LogP contribution in [-0.2, 0) is 9.59 Å². The van der Waals surface area contributed by atoms with E-state index in [4.69, 9.17) is 0 Å². The normalized spacial score (nSPS) is 18.8. The molecule has 136 valence electrons. The van der Waals surface area contributed by atoms with Crippen LogP contribution in [0.25, 0.3) is 0 Å². The van der Waals surface area contributed by atoms with Gasteiger partial charge in [0.05, 0.1) is 5.69 Å². The van der Waals surface area contributed by atoms with Crippen LogP contribution >= 0.6 is 0 Å². The summed E-state index contributed by atoms with van der Waals surface area (Å²) in [5, 5.41) is 2.90. The SMILES string of the molecule is CCCCNC(=O)C1(C(=O)N2CCN(c3ccccc3F)CC2)CC1. The minimum Gasteiger partial charge on any atom is -0.366 e. The zero-order chi connectivity index (χ0) is 17.9. The Balaban J connectivity index is 1.57. The van der Waals surface area contributed by atoms with E-state index in [1.807, 2.05) is 11.0 Å². The van der Waals surface area contributed by atoms with Gasteiger partial charge in [-0.25, -0.2) is 4.39 Å². The largest absolute Gasteiger partial charge is 0.366 e. The van der Waals surface area contributed by atoms with Gasteiger partial charge in [0, 0.05) is 32.7 Å². The van der Waals surface area contributed by atoms with E-state index in [1.165, 1.54) is 6.07 Å². The Labute approximate surface area is 148 Å². The molecule has 1 aliphatic heterocycles. The van der Waals surface area contributed by atoms with Crippen LogP contribution < -0.4 is 10.2 Å². The van der Waals surface area contributed by atoms with E-state index in [1.54, 1.807) is 17.0 Å². The number of amides is 2. The molecule has 1 saturated heterocycles. The van der Waals surface area contributed by atoms with Crippen molar-refractivity contribution in [2.45, 2.75) is 32.6 Å².